The van der Waals surface area contributed by atoms with Crippen LogP contribution in [0, 0.1) is 11.8 Å². The summed E-state index contributed by atoms with van der Waals surface area (Å²) in [6.07, 6.45) is 32.6. The van der Waals surface area contributed by atoms with Gasteiger partial charge in [0, 0.05) is 44.9 Å². The van der Waals surface area contributed by atoms with E-state index >= 15 is 0 Å². The molecule has 0 amide bonds. The van der Waals surface area contributed by atoms with Gasteiger partial charge < -0.3 is 38.1 Å². The summed E-state index contributed by atoms with van der Waals surface area (Å²) in [7, 11) is 0. The van der Waals surface area contributed by atoms with Crippen LogP contribution in [-0.2, 0) is 47.5 Å². The number of esters is 3. The molecule has 12 nitrogen and oxygen atoms in total. The van der Waals surface area contributed by atoms with Crippen LogP contribution < -0.4 is 0 Å². The van der Waals surface area contributed by atoms with Crippen molar-refractivity contribution in [3.8, 4) is 0 Å². The summed E-state index contributed by atoms with van der Waals surface area (Å²) in [5.41, 5.74) is 0. The normalized spacial score (nSPS) is 14.9. The first-order valence-electron chi connectivity index (χ1n) is 25.8. The number of hydrogen-bond acceptors (Lipinski definition) is 12. The van der Waals surface area contributed by atoms with Gasteiger partial charge in [-0.3, -0.25) is 14.4 Å². The minimum atomic E-state index is -0.793. The van der Waals surface area contributed by atoms with E-state index in [0.717, 1.165) is 96.7 Å². The number of ether oxygens (including phenoxy) is 7. The minimum absolute atomic E-state index is 0.0849. The second-order valence-corrected chi connectivity index (χ2v) is 17.4. The average molecular weight is 908 g/mol. The van der Waals surface area contributed by atoms with Gasteiger partial charge in [0.1, 0.15) is 19.8 Å². The van der Waals surface area contributed by atoms with Crippen molar-refractivity contribution in [2.24, 2.45) is 11.8 Å². The molecule has 0 spiro atoms. The molecule has 0 aromatic carbocycles. The van der Waals surface area contributed by atoms with Crippen LogP contribution >= 0.6 is 0 Å². The molecule has 0 radical (unpaired) electrons. The van der Waals surface area contributed by atoms with E-state index in [0.29, 0.717) is 51.9 Å². The molecular formula is C52H93NO11. The van der Waals surface area contributed by atoms with E-state index in [4.69, 9.17) is 33.2 Å². The van der Waals surface area contributed by atoms with E-state index in [1.54, 1.807) is 0 Å². The number of allylic oxidation sites excluding steroid dienone is 4. The minimum Gasteiger partial charge on any atom is -0.466 e. The maximum Gasteiger partial charge on any atom is 0.508 e. The molecule has 372 valence electrons. The molecule has 12 heteroatoms. The third-order valence-corrected chi connectivity index (χ3v) is 11.4. The number of rotatable bonds is 43. The number of carbonyl (C=O) groups excluding carboxylic acids is 4. The number of carbonyl (C=O) groups is 4. The Kier molecular flexibility index (Phi) is 40.5. The quantitative estimate of drug-likeness (QED) is 0.0189. The van der Waals surface area contributed by atoms with E-state index in [1.165, 1.54) is 51.4 Å². The fourth-order valence-corrected chi connectivity index (χ4v) is 7.44. The molecule has 1 rings (SSSR count). The van der Waals surface area contributed by atoms with Gasteiger partial charge in [-0.05, 0) is 96.6 Å². The fourth-order valence-electron chi connectivity index (χ4n) is 7.44. The molecule has 0 aromatic heterocycles. The maximum absolute atomic E-state index is 13.0. The van der Waals surface area contributed by atoms with Crippen molar-refractivity contribution in [3.05, 3.63) is 24.3 Å². The van der Waals surface area contributed by atoms with E-state index in [1.807, 2.05) is 0 Å². The second-order valence-electron chi connectivity index (χ2n) is 17.4. The maximum atomic E-state index is 13.0. The second kappa shape index (κ2) is 43.9. The molecule has 0 aromatic rings. The molecule has 1 heterocycles. The predicted octanol–water partition coefficient (Wildman–Crippen LogP) is 12.4. The zero-order valence-electron chi connectivity index (χ0n) is 41.1. The molecule has 1 fully saturated rings. The van der Waals surface area contributed by atoms with Crippen LogP contribution in [-0.4, -0.2) is 101 Å². The Hall–Kier alpha value is -2.96. The topological polar surface area (TPSA) is 136 Å². The average Bonchev–Trinajstić information content (AvgIpc) is 3.30. The largest absolute Gasteiger partial charge is 0.508 e. The summed E-state index contributed by atoms with van der Waals surface area (Å²) in [6.45, 7) is 13.0. The van der Waals surface area contributed by atoms with E-state index < -0.39 is 30.3 Å². The van der Waals surface area contributed by atoms with Gasteiger partial charge in [0.25, 0.3) is 0 Å². The number of likely N-dealkylation sites (tertiary alicyclic amines) is 1. The highest BCUT2D eigenvalue weighted by molar-refractivity contribution is 5.70. The van der Waals surface area contributed by atoms with Gasteiger partial charge in [-0.2, -0.15) is 0 Å². The molecular weight excluding hydrogens is 815 g/mol. The lowest BCUT2D eigenvalue weighted by atomic mass is 9.99. The Balaban J connectivity index is 2.53. The predicted molar refractivity (Wildman–Crippen MR) is 255 cm³/mol. The number of hydrogen-bond donors (Lipinski definition) is 0. The molecule has 0 bridgehead atoms. The molecule has 0 aliphatic carbocycles. The molecule has 0 saturated carbocycles. The lowest BCUT2D eigenvalue weighted by Crippen LogP contribution is -2.37. The summed E-state index contributed by atoms with van der Waals surface area (Å²) < 4.78 is 39.6. The van der Waals surface area contributed by atoms with Crippen molar-refractivity contribution in [2.45, 2.75) is 207 Å². The number of nitrogens with zero attached hydrogens (tertiary/aromatic N) is 1. The van der Waals surface area contributed by atoms with Crippen LogP contribution in [0.3, 0.4) is 0 Å². The van der Waals surface area contributed by atoms with Crippen molar-refractivity contribution in [3.63, 3.8) is 0 Å². The van der Waals surface area contributed by atoms with Gasteiger partial charge in [-0.1, -0.05) is 116 Å². The molecule has 1 saturated heterocycles. The SMILES string of the molecule is CC/C=C\CCCCOC(CCC(=O)OCC(COC(=O)CCCCCC(=O)OCCCCCCCCCCCC)COC(=O)OCC1CCCN(CC)C1)OCCCC/C=C\CC. The summed E-state index contributed by atoms with van der Waals surface area (Å²) >= 11 is 0. The molecule has 2 unspecified atom stereocenters. The fraction of sp³-hybridized carbons (Fsp3) is 0.846. The molecule has 1 aliphatic heterocycles. The van der Waals surface area contributed by atoms with Crippen LogP contribution in [0.2, 0.25) is 0 Å². The van der Waals surface area contributed by atoms with Gasteiger partial charge >= 0.3 is 24.1 Å². The lowest BCUT2D eigenvalue weighted by Gasteiger charge is -2.31. The van der Waals surface area contributed by atoms with Gasteiger partial charge in [-0.15, -0.1) is 0 Å². The first kappa shape index (κ1) is 59.1. The molecule has 1 aliphatic rings. The Labute approximate surface area is 389 Å². The van der Waals surface area contributed by atoms with E-state index in [-0.39, 0.29) is 51.2 Å². The summed E-state index contributed by atoms with van der Waals surface area (Å²) in [4.78, 5) is 52.8. The van der Waals surface area contributed by atoms with Crippen molar-refractivity contribution in [1.82, 2.24) is 4.90 Å². The zero-order valence-corrected chi connectivity index (χ0v) is 41.1. The summed E-state index contributed by atoms with van der Waals surface area (Å²) in [6, 6.07) is 0. The summed E-state index contributed by atoms with van der Waals surface area (Å²) in [5.74, 6) is -1.36. The molecule has 2 atom stereocenters. The van der Waals surface area contributed by atoms with Gasteiger partial charge in [0.2, 0.25) is 0 Å². The van der Waals surface area contributed by atoms with Crippen LogP contribution in [0.5, 0.6) is 0 Å². The van der Waals surface area contributed by atoms with Gasteiger partial charge in [0.15, 0.2) is 6.29 Å². The van der Waals surface area contributed by atoms with Gasteiger partial charge in [-0.25, -0.2) is 4.79 Å². The van der Waals surface area contributed by atoms with Crippen LogP contribution in [0.4, 0.5) is 4.79 Å². The zero-order chi connectivity index (χ0) is 46.6. The molecule has 64 heavy (non-hydrogen) atoms. The lowest BCUT2D eigenvalue weighted by molar-refractivity contribution is -0.161. The smallest absolute Gasteiger partial charge is 0.466 e. The van der Waals surface area contributed by atoms with E-state index in [2.05, 4.69) is 56.9 Å². The van der Waals surface area contributed by atoms with Crippen molar-refractivity contribution in [1.29, 1.82) is 0 Å². The Morgan fingerprint density at radius 3 is 1.64 bits per heavy atom. The monoisotopic (exact) mass is 908 g/mol. The Morgan fingerprint density at radius 1 is 0.547 bits per heavy atom. The Bertz CT molecular complexity index is 1170. The van der Waals surface area contributed by atoms with Crippen LogP contribution in [0.1, 0.15) is 201 Å². The Morgan fingerprint density at radius 2 is 1.06 bits per heavy atom. The first-order chi connectivity index (χ1) is 31.3. The molecule has 0 N–H and O–H groups in total. The number of piperidine rings is 1. The first-order valence-corrected chi connectivity index (χ1v) is 25.8. The summed E-state index contributed by atoms with van der Waals surface area (Å²) in [5, 5.41) is 0. The van der Waals surface area contributed by atoms with Crippen LogP contribution in [0.15, 0.2) is 24.3 Å². The highest BCUT2D eigenvalue weighted by Crippen LogP contribution is 2.18. The van der Waals surface area contributed by atoms with Crippen molar-refractivity contribution >= 4 is 24.1 Å². The highest BCUT2D eigenvalue weighted by Gasteiger charge is 2.23. The third-order valence-electron chi connectivity index (χ3n) is 11.4. The van der Waals surface area contributed by atoms with E-state index in [9.17, 15) is 19.2 Å². The van der Waals surface area contributed by atoms with Crippen molar-refractivity contribution < 1.29 is 52.3 Å². The third kappa shape index (κ3) is 37.3. The number of unbranched alkanes of at least 4 members (excludes halogenated alkanes) is 15. The van der Waals surface area contributed by atoms with Crippen molar-refractivity contribution in [2.75, 3.05) is 65.9 Å². The van der Waals surface area contributed by atoms with Gasteiger partial charge in [0.05, 0.1) is 25.6 Å². The highest BCUT2D eigenvalue weighted by atomic mass is 16.7. The van der Waals surface area contributed by atoms with Crippen LogP contribution in [0.25, 0.3) is 0 Å². The standard InChI is InChI=1S/C52H93NO11/c1-5-9-12-15-18-19-20-21-24-28-38-58-48(54)33-26-25-27-34-49(55)61-43-47(45-64-52(57)63-42-46-32-31-37-53(8-4)41-46)44-62-50(56)35-36-51(59-39-29-22-16-13-10-6-2)60-40-30-23-17-14-11-7-3/h10-11,13-14,46-47,51H,5-9,12,15-45H2,1-4H3/b13-10-,14-11-.